The van der Waals surface area contributed by atoms with Crippen LogP contribution in [0.1, 0.15) is 60.9 Å². The van der Waals surface area contributed by atoms with Crippen molar-refractivity contribution in [1.82, 2.24) is 19.9 Å². The van der Waals surface area contributed by atoms with Gasteiger partial charge in [0.2, 0.25) is 5.95 Å². The van der Waals surface area contributed by atoms with Gasteiger partial charge in [0.1, 0.15) is 40.7 Å². The van der Waals surface area contributed by atoms with Crippen LogP contribution in [0.5, 0.6) is 0 Å². The lowest BCUT2D eigenvalue weighted by molar-refractivity contribution is 0.680. The van der Waals surface area contributed by atoms with E-state index < -0.39 is 0 Å². The zero-order valence-electron chi connectivity index (χ0n) is 14.3. The van der Waals surface area contributed by atoms with E-state index >= 15 is 0 Å². The SMILES string of the molecule is CC(C)c1nc(CC(C)c2nc(N)nc(N)c2C#N)nc(N)c1C#N. The number of nitrogen functional groups attached to an aromatic ring is 3. The van der Waals surface area contributed by atoms with Crippen molar-refractivity contribution in [3.8, 4) is 12.1 Å². The maximum atomic E-state index is 9.30. The second-order valence-corrected chi connectivity index (χ2v) is 6.00. The Kier molecular flexibility index (Phi) is 4.99. The molecule has 2 heterocycles. The molecular weight excluding hydrogens is 318 g/mol. The third-order valence-electron chi connectivity index (χ3n) is 3.72. The Bertz CT molecular complexity index is 890. The van der Waals surface area contributed by atoms with Gasteiger partial charge in [-0.2, -0.15) is 15.5 Å². The van der Waals surface area contributed by atoms with Crippen molar-refractivity contribution in [2.45, 2.75) is 39.0 Å². The summed E-state index contributed by atoms with van der Waals surface area (Å²) in [4.78, 5) is 16.6. The third-order valence-corrected chi connectivity index (χ3v) is 3.72. The lowest BCUT2D eigenvalue weighted by atomic mass is 9.98. The maximum absolute atomic E-state index is 9.30. The van der Waals surface area contributed by atoms with Gasteiger partial charge in [0.05, 0.1) is 11.4 Å². The van der Waals surface area contributed by atoms with Crippen LogP contribution in [0.25, 0.3) is 0 Å². The van der Waals surface area contributed by atoms with Gasteiger partial charge in [-0.05, 0) is 5.92 Å². The minimum Gasteiger partial charge on any atom is -0.382 e. The highest BCUT2D eigenvalue weighted by Gasteiger charge is 2.21. The molecule has 0 aliphatic rings. The molecule has 25 heavy (non-hydrogen) atoms. The van der Waals surface area contributed by atoms with Gasteiger partial charge in [0.15, 0.2) is 0 Å². The highest BCUT2D eigenvalue weighted by molar-refractivity contribution is 5.55. The Labute approximate surface area is 145 Å². The van der Waals surface area contributed by atoms with Crippen molar-refractivity contribution < 1.29 is 0 Å². The second kappa shape index (κ2) is 6.97. The molecule has 0 fully saturated rings. The minimum atomic E-state index is -0.241. The first-order valence-corrected chi connectivity index (χ1v) is 7.67. The molecule has 1 unspecified atom stereocenters. The van der Waals surface area contributed by atoms with Crippen molar-refractivity contribution in [3.05, 3.63) is 28.3 Å². The van der Waals surface area contributed by atoms with E-state index in [-0.39, 0.29) is 35.0 Å². The van der Waals surface area contributed by atoms with Gasteiger partial charge in [0.25, 0.3) is 0 Å². The average Bonchev–Trinajstić information content (AvgIpc) is 2.53. The van der Waals surface area contributed by atoms with E-state index in [1.54, 1.807) is 0 Å². The maximum Gasteiger partial charge on any atom is 0.222 e. The van der Waals surface area contributed by atoms with Crippen molar-refractivity contribution in [1.29, 1.82) is 10.5 Å². The van der Waals surface area contributed by atoms with Gasteiger partial charge in [0, 0.05) is 12.3 Å². The predicted molar refractivity (Wildman–Crippen MR) is 92.9 cm³/mol. The van der Waals surface area contributed by atoms with Crippen molar-refractivity contribution in [2.75, 3.05) is 17.2 Å². The molecule has 0 aliphatic carbocycles. The first-order chi connectivity index (χ1) is 11.8. The van der Waals surface area contributed by atoms with Crippen LogP contribution in [0.2, 0.25) is 0 Å². The van der Waals surface area contributed by atoms with Gasteiger partial charge in [-0.3, -0.25) is 0 Å². The molecule has 6 N–H and O–H groups in total. The van der Waals surface area contributed by atoms with Gasteiger partial charge in [-0.15, -0.1) is 0 Å². The molecule has 0 amide bonds. The lowest BCUT2D eigenvalue weighted by Gasteiger charge is -2.15. The van der Waals surface area contributed by atoms with Crippen LogP contribution < -0.4 is 17.2 Å². The summed E-state index contributed by atoms with van der Waals surface area (Å²) >= 11 is 0. The first-order valence-electron chi connectivity index (χ1n) is 7.67. The minimum absolute atomic E-state index is 0.00137. The predicted octanol–water partition coefficient (Wildman–Crippen LogP) is 1.23. The number of hydrogen-bond acceptors (Lipinski definition) is 9. The number of hydrogen-bond donors (Lipinski definition) is 3. The van der Waals surface area contributed by atoms with Gasteiger partial charge < -0.3 is 17.2 Å². The standard InChI is InChI=1S/C16H19N9/c1-7(2)12-9(5-17)14(19)23-11(22-12)4-8(3)13-10(6-18)15(20)25-16(21)24-13/h7-8H,4H2,1-3H3,(H2,19,22,23)(H4,20,21,24,25). The van der Waals surface area contributed by atoms with Crippen molar-refractivity contribution >= 4 is 17.6 Å². The Balaban J connectivity index is 2.45. The fraction of sp³-hybridized carbons (Fsp3) is 0.375. The molecule has 1 atom stereocenters. The summed E-state index contributed by atoms with van der Waals surface area (Å²) in [6, 6.07) is 4.05. The largest absolute Gasteiger partial charge is 0.382 e. The zero-order valence-corrected chi connectivity index (χ0v) is 14.3. The zero-order chi connectivity index (χ0) is 18.7. The summed E-state index contributed by atoms with van der Waals surface area (Å²) in [7, 11) is 0. The van der Waals surface area contributed by atoms with Crippen LogP contribution in [0.4, 0.5) is 17.6 Å². The fourth-order valence-electron chi connectivity index (χ4n) is 2.53. The number of aromatic nitrogens is 4. The molecule has 0 aliphatic heterocycles. The van der Waals surface area contributed by atoms with Gasteiger partial charge >= 0.3 is 0 Å². The Hall–Kier alpha value is -3.46. The van der Waals surface area contributed by atoms with Crippen LogP contribution in [-0.4, -0.2) is 19.9 Å². The molecule has 2 rings (SSSR count). The molecule has 128 valence electrons. The third kappa shape index (κ3) is 3.56. The van der Waals surface area contributed by atoms with Crippen molar-refractivity contribution in [3.63, 3.8) is 0 Å². The average molecular weight is 337 g/mol. The van der Waals surface area contributed by atoms with Crippen LogP contribution >= 0.6 is 0 Å². The summed E-state index contributed by atoms with van der Waals surface area (Å²) in [5.74, 6) is 0.433. The molecule has 0 aromatic carbocycles. The summed E-state index contributed by atoms with van der Waals surface area (Å²) < 4.78 is 0. The van der Waals surface area contributed by atoms with Gasteiger partial charge in [-0.25, -0.2) is 15.0 Å². The highest BCUT2D eigenvalue weighted by Crippen LogP contribution is 2.26. The second-order valence-electron chi connectivity index (χ2n) is 6.00. The van der Waals surface area contributed by atoms with Crippen LogP contribution in [0, 0.1) is 22.7 Å². The van der Waals surface area contributed by atoms with E-state index in [0.717, 1.165) is 0 Å². The molecule has 2 aromatic rings. The molecule has 0 saturated carbocycles. The lowest BCUT2D eigenvalue weighted by Crippen LogP contribution is -2.14. The van der Waals surface area contributed by atoms with Crippen LogP contribution in [-0.2, 0) is 6.42 Å². The van der Waals surface area contributed by atoms with E-state index in [4.69, 9.17) is 17.2 Å². The molecule has 0 radical (unpaired) electrons. The molecular formula is C16H19N9. The molecule has 0 bridgehead atoms. The van der Waals surface area contributed by atoms with E-state index in [1.165, 1.54) is 0 Å². The molecule has 0 spiro atoms. The highest BCUT2D eigenvalue weighted by atomic mass is 15.0. The number of nitriles is 2. The molecule has 2 aromatic heterocycles. The van der Waals surface area contributed by atoms with Crippen LogP contribution in [0.15, 0.2) is 0 Å². The van der Waals surface area contributed by atoms with Crippen LogP contribution in [0.3, 0.4) is 0 Å². The summed E-state index contributed by atoms with van der Waals surface area (Å²) in [6.45, 7) is 5.71. The fourth-order valence-corrected chi connectivity index (χ4v) is 2.53. The molecule has 9 heteroatoms. The normalized spacial score (nSPS) is 11.8. The smallest absolute Gasteiger partial charge is 0.222 e. The molecule has 0 saturated heterocycles. The summed E-state index contributed by atoms with van der Waals surface area (Å²) in [5.41, 5.74) is 18.8. The first kappa shape index (κ1) is 17.9. The van der Waals surface area contributed by atoms with Crippen molar-refractivity contribution in [2.24, 2.45) is 0 Å². The van der Waals surface area contributed by atoms with E-state index in [9.17, 15) is 10.5 Å². The number of anilines is 3. The Morgan fingerprint density at radius 1 is 0.840 bits per heavy atom. The summed E-state index contributed by atoms with van der Waals surface area (Å²) in [5, 5.41) is 18.5. The van der Waals surface area contributed by atoms with E-state index in [2.05, 4.69) is 19.9 Å². The molecule has 9 nitrogen and oxygen atoms in total. The number of rotatable bonds is 4. The number of nitrogens with zero attached hydrogens (tertiary/aromatic N) is 6. The van der Waals surface area contributed by atoms with E-state index in [0.29, 0.717) is 29.2 Å². The topological polar surface area (TPSA) is 177 Å². The van der Waals surface area contributed by atoms with Gasteiger partial charge in [-0.1, -0.05) is 20.8 Å². The monoisotopic (exact) mass is 337 g/mol. The summed E-state index contributed by atoms with van der Waals surface area (Å²) in [6.07, 6.45) is 0.361. The quantitative estimate of drug-likeness (QED) is 0.739. The number of nitrogens with two attached hydrogens (primary N) is 3. The van der Waals surface area contributed by atoms with E-state index in [1.807, 2.05) is 32.9 Å². The Morgan fingerprint density at radius 3 is 1.96 bits per heavy atom. The Morgan fingerprint density at radius 2 is 1.40 bits per heavy atom.